The highest BCUT2D eigenvalue weighted by atomic mass is 32.1. The fourth-order valence-corrected chi connectivity index (χ4v) is 3.19. The number of rotatable bonds is 5. The number of aryl methyl sites for hydroxylation is 1. The van der Waals surface area contributed by atoms with Crippen molar-refractivity contribution in [2.24, 2.45) is 7.05 Å². The van der Waals surface area contributed by atoms with Gasteiger partial charge >= 0.3 is 0 Å². The van der Waals surface area contributed by atoms with Crippen molar-refractivity contribution in [1.29, 1.82) is 0 Å². The smallest absolute Gasteiger partial charge is 0.184 e. The molecule has 0 saturated heterocycles. The number of hydrogen-bond donors (Lipinski definition) is 1. The molecule has 23 heavy (non-hydrogen) atoms. The van der Waals surface area contributed by atoms with Crippen molar-refractivity contribution < 1.29 is 9.64 Å². The lowest BCUT2D eigenvalue weighted by atomic mass is 10.2. The van der Waals surface area contributed by atoms with E-state index >= 15 is 0 Å². The van der Waals surface area contributed by atoms with E-state index in [-0.39, 0.29) is 0 Å². The molecule has 3 rings (SSSR count). The maximum atomic E-state index is 5.61. The van der Waals surface area contributed by atoms with Crippen molar-refractivity contribution in [2.75, 3.05) is 14.2 Å². The van der Waals surface area contributed by atoms with Gasteiger partial charge in [0.25, 0.3) is 0 Å². The summed E-state index contributed by atoms with van der Waals surface area (Å²) in [5, 5.41) is 0. The lowest BCUT2D eigenvalue weighted by molar-refractivity contribution is -0.916. The highest BCUT2D eigenvalue weighted by Gasteiger charge is 2.11. The summed E-state index contributed by atoms with van der Waals surface area (Å²) in [7, 11) is 5.91. The van der Waals surface area contributed by atoms with Crippen LogP contribution in [-0.2, 0) is 20.3 Å². The molecule has 1 unspecified atom stereocenters. The maximum Gasteiger partial charge on any atom is 0.184 e. The fourth-order valence-electron chi connectivity index (χ4n) is 2.93. The average molecular weight is 328 g/mol. The van der Waals surface area contributed by atoms with Gasteiger partial charge in [0.1, 0.15) is 12.3 Å². The Labute approximate surface area is 141 Å². The van der Waals surface area contributed by atoms with Crippen molar-refractivity contribution in [3.05, 3.63) is 58.9 Å². The van der Waals surface area contributed by atoms with E-state index < -0.39 is 0 Å². The number of imidazole rings is 1. The summed E-state index contributed by atoms with van der Waals surface area (Å²) < 4.78 is 10.4. The molecule has 0 radical (unpaired) electrons. The van der Waals surface area contributed by atoms with Gasteiger partial charge in [-0.1, -0.05) is 12.1 Å². The van der Waals surface area contributed by atoms with Gasteiger partial charge in [0, 0.05) is 12.6 Å². The number of ether oxygens (including phenoxy) is 1. The molecule has 0 fully saturated rings. The topological polar surface area (TPSA) is 23.5 Å². The van der Waals surface area contributed by atoms with Crippen LogP contribution in [0.5, 0.6) is 5.75 Å². The molecule has 0 saturated carbocycles. The maximum absolute atomic E-state index is 5.61. The second-order valence-corrected chi connectivity index (χ2v) is 6.26. The number of aromatic nitrogens is 2. The summed E-state index contributed by atoms with van der Waals surface area (Å²) in [6.45, 7) is 1.78. The van der Waals surface area contributed by atoms with Crippen molar-refractivity contribution in [1.82, 2.24) is 9.13 Å². The second kappa shape index (κ2) is 6.56. The zero-order valence-electron chi connectivity index (χ0n) is 13.7. The van der Waals surface area contributed by atoms with E-state index in [0.29, 0.717) is 0 Å². The quantitative estimate of drug-likeness (QED) is 0.727. The van der Waals surface area contributed by atoms with Crippen LogP contribution >= 0.6 is 12.2 Å². The minimum atomic E-state index is 0.839. The second-order valence-electron chi connectivity index (χ2n) is 5.90. The van der Waals surface area contributed by atoms with Crippen LogP contribution in [0.15, 0.2) is 48.5 Å². The third kappa shape index (κ3) is 3.16. The molecule has 1 aromatic heterocycles. The van der Waals surface area contributed by atoms with E-state index in [1.165, 1.54) is 21.5 Å². The van der Waals surface area contributed by atoms with Crippen LogP contribution in [0.2, 0.25) is 0 Å². The third-order valence-electron chi connectivity index (χ3n) is 4.14. The van der Waals surface area contributed by atoms with E-state index in [2.05, 4.69) is 52.6 Å². The standard InChI is InChI=1S/C18H21N3OS/c1-19(12-14-8-10-15(22-3)11-9-14)13-21-17-7-5-4-6-16(17)20(2)18(21)23/h4-11H,12-13H2,1-3H3/p+1. The molecule has 1 heterocycles. The Bertz CT molecular complexity index is 864. The van der Waals surface area contributed by atoms with Gasteiger partial charge in [0.2, 0.25) is 0 Å². The van der Waals surface area contributed by atoms with Crippen molar-refractivity contribution in [2.45, 2.75) is 13.2 Å². The van der Waals surface area contributed by atoms with E-state index in [9.17, 15) is 0 Å². The molecule has 1 atom stereocenters. The normalized spacial score (nSPS) is 12.5. The minimum absolute atomic E-state index is 0.839. The average Bonchev–Trinajstić information content (AvgIpc) is 2.81. The molecule has 4 nitrogen and oxygen atoms in total. The molecular weight excluding hydrogens is 306 g/mol. The first kappa shape index (κ1) is 15.8. The van der Waals surface area contributed by atoms with Crippen LogP contribution in [-0.4, -0.2) is 23.3 Å². The number of methoxy groups -OCH3 is 1. The Morgan fingerprint density at radius 1 is 1.04 bits per heavy atom. The third-order valence-corrected chi connectivity index (χ3v) is 4.64. The Morgan fingerprint density at radius 3 is 2.35 bits per heavy atom. The Morgan fingerprint density at radius 2 is 1.70 bits per heavy atom. The Hall–Kier alpha value is -2.11. The highest BCUT2D eigenvalue weighted by molar-refractivity contribution is 7.71. The largest absolute Gasteiger partial charge is 0.497 e. The van der Waals surface area contributed by atoms with Crippen LogP contribution in [0.4, 0.5) is 0 Å². The summed E-state index contributed by atoms with van der Waals surface area (Å²) in [5.41, 5.74) is 3.65. The predicted molar refractivity (Wildman–Crippen MR) is 95.3 cm³/mol. The molecule has 1 N–H and O–H groups in total. The van der Waals surface area contributed by atoms with Crippen molar-refractivity contribution >= 4 is 23.3 Å². The lowest BCUT2D eigenvalue weighted by Gasteiger charge is -2.15. The SMILES string of the molecule is COc1ccc(C[NH+](C)Cn2c(=S)n(C)c3ccccc32)cc1. The van der Waals surface area contributed by atoms with Gasteiger partial charge in [-0.2, -0.15) is 0 Å². The molecular formula is C18H22N3OS+. The summed E-state index contributed by atoms with van der Waals surface area (Å²) in [5.74, 6) is 0.891. The summed E-state index contributed by atoms with van der Waals surface area (Å²) >= 11 is 5.61. The molecule has 3 aromatic rings. The summed E-state index contributed by atoms with van der Waals surface area (Å²) in [4.78, 5) is 1.38. The number of nitrogens with zero attached hydrogens (tertiary/aromatic N) is 2. The monoisotopic (exact) mass is 328 g/mol. The molecule has 0 bridgehead atoms. The molecule has 0 aliphatic heterocycles. The van der Waals surface area contributed by atoms with Gasteiger partial charge in [0.15, 0.2) is 11.4 Å². The van der Waals surface area contributed by atoms with Crippen molar-refractivity contribution in [3.63, 3.8) is 0 Å². The van der Waals surface area contributed by atoms with E-state index in [1.807, 2.05) is 19.2 Å². The van der Waals surface area contributed by atoms with E-state index in [4.69, 9.17) is 17.0 Å². The van der Waals surface area contributed by atoms with Gasteiger partial charge in [-0.15, -0.1) is 0 Å². The van der Waals surface area contributed by atoms with Gasteiger partial charge in [-0.05, 0) is 48.6 Å². The van der Waals surface area contributed by atoms with Crippen LogP contribution in [0.3, 0.4) is 0 Å². The Balaban J connectivity index is 1.81. The first-order chi connectivity index (χ1) is 11.1. The first-order valence-electron chi connectivity index (χ1n) is 7.68. The number of para-hydroxylation sites is 2. The summed E-state index contributed by atoms with van der Waals surface area (Å²) in [6, 6.07) is 16.6. The van der Waals surface area contributed by atoms with Gasteiger partial charge in [-0.25, -0.2) is 0 Å². The molecule has 2 aromatic carbocycles. The van der Waals surface area contributed by atoms with Gasteiger partial charge in [-0.3, -0.25) is 4.57 Å². The molecule has 0 aliphatic rings. The first-order valence-corrected chi connectivity index (χ1v) is 8.09. The number of hydrogen-bond acceptors (Lipinski definition) is 2. The number of quaternary nitrogens is 1. The highest BCUT2D eigenvalue weighted by Crippen LogP contribution is 2.15. The Kier molecular flexibility index (Phi) is 4.50. The summed E-state index contributed by atoms with van der Waals surface area (Å²) in [6.07, 6.45) is 0. The van der Waals surface area contributed by atoms with Crippen LogP contribution < -0.4 is 9.64 Å². The molecule has 0 amide bonds. The molecule has 0 spiro atoms. The van der Waals surface area contributed by atoms with Crippen LogP contribution in [0.25, 0.3) is 11.0 Å². The lowest BCUT2D eigenvalue weighted by Crippen LogP contribution is -3.06. The minimum Gasteiger partial charge on any atom is -0.497 e. The zero-order valence-corrected chi connectivity index (χ0v) is 14.6. The van der Waals surface area contributed by atoms with E-state index in [0.717, 1.165) is 23.7 Å². The van der Waals surface area contributed by atoms with Gasteiger partial charge in [0.05, 0.1) is 25.2 Å². The molecule has 5 heteroatoms. The molecule has 120 valence electrons. The van der Waals surface area contributed by atoms with E-state index in [1.54, 1.807) is 7.11 Å². The molecule has 0 aliphatic carbocycles. The predicted octanol–water partition coefficient (Wildman–Crippen LogP) is 2.39. The number of benzene rings is 2. The van der Waals surface area contributed by atoms with Crippen LogP contribution in [0.1, 0.15) is 5.56 Å². The number of fused-ring (bicyclic) bond motifs is 1. The van der Waals surface area contributed by atoms with Gasteiger partial charge < -0.3 is 14.2 Å². The zero-order chi connectivity index (χ0) is 16.4. The number of nitrogens with one attached hydrogen (secondary N) is 1. The fraction of sp³-hybridized carbons (Fsp3) is 0.278. The van der Waals surface area contributed by atoms with Crippen LogP contribution in [0, 0.1) is 4.77 Å². The van der Waals surface area contributed by atoms with Crippen molar-refractivity contribution in [3.8, 4) is 5.75 Å².